The molecule has 1 N–H and O–H groups in total. The molecule has 94 valence electrons. The summed E-state index contributed by atoms with van der Waals surface area (Å²) in [5, 5.41) is 4.38. The summed E-state index contributed by atoms with van der Waals surface area (Å²) in [4.78, 5) is 3.58. The molecule has 2 rings (SSSR count). The quantitative estimate of drug-likeness (QED) is 0.827. The lowest BCUT2D eigenvalue weighted by Gasteiger charge is -2.16. The summed E-state index contributed by atoms with van der Waals surface area (Å²) < 4.78 is 12.7. The molecular weight excluding hydrogens is 274 g/mol. The molecule has 0 radical (unpaired) electrons. The highest BCUT2D eigenvalue weighted by molar-refractivity contribution is 6.35. The van der Waals surface area contributed by atoms with Gasteiger partial charge in [0.05, 0.1) is 17.9 Å². The summed E-state index contributed by atoms with van der Waals surface area (Å²) in [6.45, 7) is 1.96. The smallest absolute Gasteiger partial charge is 0.212 e. The van der Waals surface area contributed by atoms with E-state index in [1.807, 2.05) is 13.0 Å². The predicted octanol–water partition coefficient (Wildman–Crippen LogP) is 4.70. The Hall–Kier alpha value is -1.32. The van der Waals surface area contributed by atoms with Gasteiger partial charge in [0.2, 0.25) is 5.95 Å². The van der Waals surface area contributed by atoms with Crippen molar-refractivity contribution in [2.45, 2.75) is 13.0 Å². The van der Waals surface area contributed by atoms with Gasteiger partial charge in [-0.2, -0.15) is 4.39 Å². The summed E-state index contributed by atoms with van der Waals surface area (Å²) >= 11 is 12.0. The van der Waals surface area contributed by atoms with Gasteiger partial charge in [-0.15, -0.1) is 0 Å². The number of nitrogens with zero attached hydrogens (tertiary/aromatic N) is 1. The number of halogens is 3. The first-order valence-corrected chi connectivity index (χ1v) is 6.15. The lowest BCUT2D eigenvalue weighted by Crippen LogP contribution is -2.07. The maximum absolute atomic E-state index is 12.7. The second kappa shape index (κ2) is 5.55. The van der Waals surface area contributed by atoms with Crippen molar-refractivity contribution in [2.24, 2.45) is 0 Å². The lowest BCUT2D eigenvalue weighted by atomic mass is 10.1. The molecule has 1 aromatic carbocycles. The van der Waals surface area contributed by atoms with E-state index < -0.39 is 5.95 Å². The van der Waals surface area contributed by atoms with Gasteiger partial charge in [-0.3, -0.25) is 0 Å². The van der Waals surface area contributed by atoms with Crippen LogP contribution in [0.2, 0.25) is 10.0 Å². The van der Waals surface area contributed by atoms with E-state index in [9.17, 15) is 4.39 Å². The second-order valence-corrected chi connectivity index (χ2v) is 4.75. The molecule has 0 fully saturated rings. The molecule has 1 unspecified atom stereocenters. The topological polar surface area (TPSA) is 24.9 Å². The molecule has 2 nitrogen and oxygen atoms in total. The van der Waals surface area contributed by atoms with Crippen molar-refractivity contribution in [1.82, 2.24) is 4.98 Å². The normalized spacial score (nSPS) is 12.2. The van der Waals surface area contributed by atoms with Gasteiger partial charge in [0.1, 0.15) is 0 Å². The summed E-state index contributed by atoms with van der Waals surface area (Å²) in [6.07, 6.45) is 1.44. The number of hydrogen-bond donors (Lipinski definition) is 1. The average molecular weight is 285 g/mol. The first-order chi connectivity index (χ1) is 8.56. The zero-order valence-electron chi connectivity index (χ0n) is 9.62. The Bertz CT molecular complexity index is 543. The number of hydrogen-bond acceptors (Lipinski definition) is 2. The molecule has 1 atom stereocenters. The molecule has 0 aliphatic rings. The van der Waals surface area contributed by atoms with E-state index in [-0.39, 0.29) is 6.04 Å². The van der Waals surface area contributed by atoms with Crippen molar-refractivity contribution in [2.75, 3.05) is 5.32 Å². The minimum atomic E-state index is -0.502. The van der Waals surface area contributed by atoms with E-state index in [0.29, 0.717) is 10.0 Å². The number of benzene rings is 1. The molecule has 0 aliphatic carbocycles. The van der Waals surface area contributed by atoms with E-state index in [1.165, 1.54) is 12.3 Å². The van der Waals surface area contributed by atoms with Gasteiger partial charge >= 0.3 is 0 Å². The van der Waals surface area contributed by atoms with Crippen LogP contribution in [0.1, 0.15) is 18.5 Å². The first kappa shape index (κ1) is 13.1. The van der Waals surface area contributed by atoms with Crippen molar-refractivity contribution in [1.29, 1.82) is 0 Å². The minimum Gasteiger partial charge on any atom is -0.377 e. The standard InChI is InChI=1S/C13H11Cl2FN2/c1-8(11-4-2-9(14)6-12(11)15)18-10-3-5-13(16)17-7-10/h2-8,18H,1H3. The Morgan fingerprint density at radius 2 is 2.00 bits per heavy atom. The molecule has 2 aromatic rings. The van der Waals surface area contributed by atoms with Crippen LogP contribution in [0.15, 0.2) is 36.5 Å². The first-order valence-electron chi connectivity index (χ1n) is 5.39. The van der Waals surface area contributed by atoms with E-state index in [1.54, 1.807) is 18.2 Å². The Morgan fingerprint density at radius 1 is 1.22 bits per heavy atom. The summed E-state index contributed by atoms with van der Waals surface area (Å²) in [7, 11) is 0. The Kier molecular flexibility index (Phi) is 4.04. The highest BCUT2D eigenvalue weighted by atomic mass is 35.5. The van der Waals surface area contributed by atoms with Crippen molar-refractivity contribution < 1.29 is 4.39 Å². The number of anilines is 1. The Balaban J connectivity index is 2.16. The second-order valence-electron chi connectivity index (χ2n) is 3.90. The number of nitrogens with one attached hydrogen (secondary N) is 1. The number of pyridine rings is 1. The fourth-order valence-electron chi connectivity index (χ4n) is 1.64. The van der Waals surface area contributed by atoms with Gasteiger partial charge in [-0.1, -0.05) is 29.3 Å². The molecule has 0 aliphatic heterocycles. The molecule has 0 bridgehead atoms. The van der Waals surface area contributed by atoms with Crippen LogP contribution < -0.4 is 5.32 Å². The van der Waals surface area contributed by atoms with Gasteiger partial charge < -0.3 is 5.32 Å². The van der Waals surface area contributed by atoms with Crippen molar-refractivity contribution in [3.05, 3.63) is 58.1 Å². The zero-order chi connectivity index (χ0) is 13.1. The van der Waals surface area contributed by atoms with Gasteiger partial charge in [0.15, 0.2) is 0 Å². The minimum absolute atomic E-state index is 0.0259. The summed E-state index contributed by atoms with van der Waals surface area (Å²) in [5.74, 6) is -0.502. The molecule has 5 heteroatoms. The molecule has 1 heterocycles. The van der Waals surface area contributed by atoms with E-state index in [4.69, 9.17) is 23.2 Å². The van der Waals surface area contributed by atoms with Crippen LogP contribution in [-0.4, -0.2) is 4.98 Å². The molecule has 0 spiro atoms. The van der Waals surface area contributed by atoms with Gasteiger partial charge in [-0.25, -0.2) is 4.98 Å². The SMILES string of the molecule is CC(Nc1ccc(F)nc1)c1ccc(Cl)cc1Cl. The fourth-order valence-corrected chi connectivity index (χ4v) is 2.21. The van der Waals surface area contributed by atoms with Crippen LogP contribution in [-0.2, 0) is 0 Å². The monoisotopic (exact) mass is 284 g/mol. The van der Waals surface area contributed by atoms with Crippen LogP contribution in [0.5, 0.6) is 0 Å². The van der Waals surface area contributed by atoms with Crippen LogP contribution in [0.4, 0.5) is 10.1 Å². The van der Waals surface area contributed by atoms with Crippen molar-refractivity contribution >= 4 is 28.9 Å². The third-order valence-electron chi connectivity index (χ3n) is 2.54. The van der Waals surface area contributed by atoms with Crippen LogP contribution in [0, 0.1) is 5.95 Å². The molecular formula is C13H11Cl2FN2. The molecule has 0 amide bonds. The maximum atomic E-state index is 12.7. The molecule has 0 saturated heterocycles. The highest BCUT2D eigenvalue weighted by Gasteiger charge is 2.10. The third kappa shape index (κ3) is 3.12. The predicted molar refractivity (Wildman–Crippen MR) is 72.7 cm³/mol. The molecule has 1 aromatic heterocycles. The van der Waals surface area contributed by atoms with E-state index in [0.717, 1.165) is 11.3 Å². The van der Waals surface area contributed by atoms with Gasteiger partial charge in [0, 0.05) is 10.0 Å². The Labute approximate surface area is 115 Å². The lowest BCUT2D eigenvalue weighted by molar-refractivity contribution is 0.584. The summed E-state index contributed by atoms with van der Waals surface area (Å²) in [5.41, 5.74) is 1.65. The number of rotatable bonds is 3. The molecule has 18 heavy (non-hydrogen) atoms. The van der Waals surface area contributed by atoms with Crippen LogP contribution in [0.25, 0.3) is 0 Å². The summed E-state index contributed by atoms with van der Waals surface area (Å²) in [6, 6.07) is 8.24. The maximum Gasteiger partial charge on any atom is 0.212 e. The Morgan fingerprint density at radius 3 is 2.61 bits per heavy atom. The molecule has 0 saturated carbocycles. The van der Waals surface area contributed by atoms with Gasteiger partial charge in [0.25, 0.3) is 0 Å². The van der Waals surface area contributed by atoms with E-state index in [2.05, 4.69) is 10.3 Å². The van der Waals surface area contributed by atoms with Gasteiger partial charge in [-0.05, 0) is 36.8 Å². The van der Waals surface area contributed by atoms with Crippen LogP contribution in [0.3, 0.4) is 0 Å². The van der Waals surface area contributed by atoms with Crippen LogP contribution >= 0.6 is 23.2 Å². The average Bonchev–Trinajstić information content (AvgIpc) is 2.32. The van der Waals surface area contributed by atoms with Crippen molar-refractivity contribution in [3.63, 3.8) is 0 Å². The largest absolute Gasteiger partial charge is 0.377 e. The van der Waals surface area contributed by atoms with Crippen molar-refractivity contribution in [3.8, 4) is 0 Å². The highest BCUT2D eigenvalue weighted by Crippen LogP contribution is 2.28. The zero-order valence-corrected chi connectivity index (χ0v) is 11.1. The number of aromatic nitrogens is 1. The van der Waals surface area contributed by atoms with E-state index >= 15 is 0 Å². The fraction of sp³-hybridized carbons (Fsp3) is 0.154. The third-order valence-corrected chi connectivity index (χ3v) is 3.10.